The van der Waals surface area contributed by atoms with Crippen LogP contribution in [0, 0.1) is 6.92 Å². The number of aromatic carboxylic acids is 1. The van der Waals surface area contributed by atoms with Crippen molar-refractivity contribution in [3.63, 3.8) is 0 Å². The van der Waals surface area contributed by atoms with Crippen LogP contribution in [0.2, 0.25) is 0 Å². The number of carbonyl (C=O) groups excluding carboxylic acids is 1. The monoisotopic (exact) mass is 197 g/mol. The number of methoxy groups -OCH3 is 1. The van der Waals surface area contributed by atoms with Crippen molar-refractivity contribution in [3.8, 4) is 0 Å². The summed E-state index contributed by atoms with van der Waals surface area (Å²) < 4.78 is 6.01. The van der Waals surface area contributed by atoms with E-state index >= 15 is 0 Å². The number of nitrogens with zero attached hydrogens (tertiary/aromatic N) is 1. The molecule has 1 rings (SSSR count). The maximum Gasteiger partial charge on any atom is 0.354 e. The lowest BCUT2D eigenvalue weighted by Crippen LogP contribution is -2.08. The van der Waals surface area contributed by atoms with Gasteiger partial charge in [0, 0.05) is 12.7 Å². The van der Waals surface area contributed by atoms with Gasteiger partial charge in [0.1, 0.15) is 5.69 Å². The molecular formula is C9H11NO4. The molecule has 0 radical (unpaired) electrons. The average molecular weight is 197 g/mol. The van der Waals surface area contributed by atoms with Crippen LogP contribution in [0.5, 0.6) is 0 Å². The van der Waals surface area contributed by atoms with Crippen molar-refractivity contribution in [3.05, 3.63) is 23.0 Å². The predicted molar refractivity (Wildman–Crippen MR) is 48.4 cm³/mol. The number of rotatable bonds is 2. The zero-order chi connectivity index (χ0) is 10.9. The summed E-state index contributed by atoms with van der Waals surface area (Å²) in [5.41, 5.74) is 0.883. The van der Waals surface area contributed by atoms with Crippen molar-refractivity contribution in [2.75, 3.05) is 7.11 Å². The van der Waals surface area contributed by atoms with Crippen molar-refractivity contribution in [2.45, 2.75) is 6.92 Å². The van der Waals surface area contributed by atoms with Crippen LogP contribution in [0.15, 0.2) is 6.07 Å². The average Bonchev–Trinajstić information content (AvgIpc) is 2.43. The van der Waals surface area contributed by atoms with E-state index < -0.39 is 11.9 Å². The Morgan fingerprint density at radius 2 is 2.07 bits per heavy atom. The number of ether oxygens (including phenoxy) is 1. The number of carboxylic acids is 1. The lowest BCUT2D eigenvalue weighted by Gasteiger charge is -2.01. The number of carboxylic acid groups (broad SMARTS) is 1. The van der Waals surface area contributed by atoms with E-state index in [9.17, 15) is 9.59 Å². The first-order chi connectivity index (χ1) is 6.49. The minimum atomic E-state index is -1.05. The van der Waals surface area contributed by atoms with Gasteiger partial charge in [0.25, 0.3) is 0 Å². The largest absolute Gasteiger partial charge is 0.478 e. The first-order valence-electron chi connectivity index (χ1n) is 3.97. The highest BCUT2D eigenvalue weighted by molar-refractivity contribution is 5.95. The molecule has 5 heteroatoms. The van der Waals surface area contributed by atoms with Gasteiger partial charge in [0.05, 0.1) is 12.7 Å². The molecule has 1 heterocycles. The van der Waals surface area contributed by atoms with Crippen molar-refractivity contribution in [2.24, 2.45) is 7.05 Å². The quantitative estimate of drug-likeness (QED) is 0.712. The third kappa shape index (κ3) is 1.48. The molecule has 0 aliphatic carbocycles. The zero-order valence-electron chi connectivity index (χ0n) is 8.20. The summed E-state index contributed by atoms with van der Waals surface area (Å²) in [5.74, 6) is -1.59. The lowest BCUT2D eigenvalue weighted by atomic mass is 10.2. The van der Waals surface area contributed by atoms with Gasteiger partial charge in [-0.05, 0) is 13.0 Å². The second-order valence-electron chi connectivity index (χ2n) is 2.88. The Morgan fingerprint density at radius 1 is 1.50 bits per heavy atom. The molecule has 0 unspecified atom stereocenters. The predicted octanol–water partition coefficient (Wildman–Crippen LogP) is 0.818. The van der Waals surface area contributed by atoms with Gasteiger partial charge < -0.3 is 14.4 Å². The topological polar surface area (TPSA) is 68.5 Å². The fourth-order valence-corrected chi connectivity index (χ4v) is 1.22. The minimum absolute atomic E-state index is 0.118. The van der Waals surface area contributed by atoms with Gasteiger partial charge in [-0.3, -0.25) is 0 Å². The number of carbonyl (C=O) groups is 2. The molecule has 0 aliphatic heterocycles. The smallest absolute Gasteiger partial charge is 0.354 e. The van der Waals surface area contributed by atoms with E-state index in [1.54, 1.807) is 14.0 Å². The van der Waals surface area contributed by atoms with E-state index in [0.29, 0.717) is 5.69 Å². The van der Waals surface area contributed by atoms with E-state index in [0.717, 1.165) is 0 Å². The van der Waals surface area contributed by atoms with E-state index in [1.165, 1.54) is 17.7 Å². The minimum Gasteiger partial charge on any atom is -0.478 e. The van der Waals surface area contributed by atoms with Gasteiger partial charge in [-0.1, -0.05) is 0 Å². The molecule has 5 nitrogen and oxygen atoms in total. The van der Waals surface area contributed by atoms with Crippen LogP contribution in [0.3, 0.4) is 0 Å². The summed E-state index contributed by atoms with van der Waals surface area (Å²) >= 11 is 0. The number of hydrogen-bond acceptors (Lipinski definition) is 3. The zero-order valence-corrected chi connectivity index (χ0v) is 8.20. The van der Waals surface area contributed by atoms with Gasteiger partial charge in [0.2, 0.25) is 0 Å². The van der Waals surface area contributed by atoms with E-state index in [-0.39, 0.29) is 11.3 Å². The molecule has 0 aromatic carbocycles. The summed E-state index contributed by atoms with van der Waals surface area (Å²) in [5, 5.41) is 8.79. The lowest BCUT2D eigenvalue weighted by molar-refractivity contribution is 0.0589. The number of hydrogen-bond donors (Lipinski definition) is 1. The van der Waals surface area contributed by atoms with E-state index in [2.05, 4.69) is 4.74 Å². The van der Waals surface area contributed by atoms with Crippen molar-refractivity contribution in [1.29, 1.82) is 0 Å². The van der Waals surface area contributed by atoms with E-state index in [4.69, 9.17) is 5.11 Å². The second kappa shape index (κ2) is 3.53. The Balaban J connectivity index is 3.28. The molecule has 0 spiro atoms. The molecule has 1 aromatic heterocycles. The molecule has 0 saturated carbocycles. The SMILES string of the molecule is COC(=O)c1cc(C(=O)O)c(C)n1C. The van der Waals surface area contributed by atoms with E-state index in [1.807, 2.05) is 0 Å². The van der Waals surface area contributed by atoms with Gasteiger partial charge >= 0.3 is 11.9 Å². The second-order valence-corrected chi connectivity index (χ2v) is 2.88. The molecule has 1 N–H and O–H groups in total. The Kier molecular flexibility index (Phi) is 2.60. The van der Waals surface area contributed by atoms with Crippen LogP contribution >= 0.6 is 0 Å². The fourth-order valence-electron chi connectivity index (χ4n) is 1.22. The van der Waals surface area contributed by atoms with Crippen LogP contribution in [0.25, 0.3) is 0 Å². The third-order valence-electron chi connectivity index (χ3n) is 2.16. The summed E-state index contributed by atoms with van der Waals surface area (Å²) in [6.45, 7) is 1.63. The molecule has 76 valence electrons. The van der Waals surface area contributed by atoms with Crippen molar-refractivity contribution >= 4 is 11.9 Å². The van der Waals surface area contributed by atoms with Gasteiger partial charge in [-0.15, -0.1) is 0 Å². The van der Waals surface area contributed by atoms with Crippen LogP contribution in [-0.4, -0.2) is 28.7 Å². The van der Waals surface area contributed by atoms with Crippen LogP contribution < -0.4 is 0 Å². The normalized spacial score (nSPS) is 9.93. The summed E-state index contributed by atoms with van der Waals surface area (Å²) in [4.78, 5) is 21.9. The maximum atomic E-state index is 11.2. The first-order valence-corrected chi connectivity index (χ1v) is 3.97. The highest BCUT2D eigenvalue weighted by Crippen LogP contribution is 2.14. The van der Waals surface area contributed by atoms with Crippen molar-refractivity contribution < 1.29 is 19.4 Å². The Hall–Kier alpha value is -1.78. The summed E-state index contributed by atoms with van der Waals surface area (Å²) in [6, 6.07) is 1.31. The Morgan fingerprint density at radius 3 is 2.43 bits per heavy atom. The molecule has 0 bridgehead atoms. The molecule has 1 aromatic rings. The Bertz CT molecular complexity index is 392. The maximum absolute atomic E-state index is 11.2. The third-order valence-corrected chi connectivity index (χ3v) is 2.16. The fraction of sp³-hybridized carbons (Fsp3) is 0.333. The molecular weight excluding hydrogens is 186 g/mol. The molecule has 0 saturated heterocycles. The van der Waals surface area contributed by atoms with Gasteiger partial charge in [-0.2, -0.15) is 0 Å². The van der Waals surface area contributed by atoms with Gasteiger partial charge in [0.15, 0.2) is 0 Å². The molecule has 0 amide bonds. The van der Waals surface area contributed by atoms with Crippen molar-refractivity contribution in [1.82, 2.24) is 4.57 Å². The summed E-state index contributed by atoms with van der Waals surface area (Å²) in [6.07, 6.45) is 0. The number of aromatic nitrogens is 1. The summed E-state index contributed by atoms with van der Waals surface area (Å²) in [7, 11) is 2.87. The molecule has 0 aliphatic rings. The van der Waals surface area contributed by atoms with Crippen LogP contribution in [0.1, 0.15) is 26.5 Å². The molecule has 14 heavy (non-hydrogen) atoms. The standard InChI is InChI=1S/C9H11NO4/c1-5-6(8(11)12)4-7(10(5)2)9(13)14-3/h4H,1-3H3,(H,11,12). The van der Waals surface area contributed by atoms with Crippen LogP contribution in [0.4, 0.5) is 0 Å². The molecule has 0 atom stereocenters. The number of esters is 1. The highest BCUT2D eigenvalue weighted by atomic mass is 16.5. The highest BCUT2D eigenvalue weighted by Gasteiger charge is 2.19. The van der Waals surface area contributed by atoms with Crippen LogP contribution in [-0.2, 0) is 11.8 Å². The Labute approximate surface area is 80.9 Å². The molecule has 0 fully saturated rings. The first kappa shape index (κ1) is 10.3. The van der Waals surface area contributed by atoms with Gasteiger partial charge in [-0.25, -0.2) is 9.59 Å².